The third-order valence-electron chi connectivity index (χ3n) is 3.59. The van der Waals surface area contributed by atoms with Crippen LogP contribution < -0.4 is 5.32 Å². The molecule has 0 radical (unpaired) electrons. The average Bonchev–Trinajstić information content (AvgIpc) is 2.35. The number of rotatable bonds is 3. The molecule has 1 aliphatic rings. The van der Waals surface area contributed by atoms with Crippen LogP contribution in [0.5, 0.6) is 0 Å². The Morgan fingerprint density at radius 3 is 2.70 bits per heavy atom. The molecule has 20 heavy (non-hydrogen) atoms. The van der Waals surface area contributed by atoms with Gasteiger partial charge in [-0.1, -0.05) is 31.5 Å². The summed E-state index contributed by atoms with van der Waals surface area (Å²) in [4.78, 5) is 23.6. The number of hydrogen-bond donors (Lipinski definition) is 1. The minimum atomic E-state index is -0.522. The molecular weight excluding hydrogens is 281 g/mol. The molecular formula is C15H17ClFNO2. The molecule has 108 valence electrons. The number of carbonyl (C=O) groups excluding carboxylic acids is 2. The zero-order valence-corrected chi connectivity index (χ0v) is 12.2. The first-order chi connectivity index (χ1) is 9.38. The second-order valence-electron chi connectivity index (χ2n) is 5.63. The normalized spacial score (nSPS) is 23.1. The average molecular weight is 298 g/mol. The van der Waals surface area contributed by atoms with Crippen LogP contribution in [0.2, 0.25) is 5.02 Å². The topological polar surface area (TPSA) is 46.2 Å². The van der Waals surface area contributed by atoms with Crippen molar-refractivity contribution in [2.24, 2.45) is 11.8 Å². The Hall–Kier alpha value is -1.42. The Balaban J connectivity index is 2.34. The molecule has 2 rings (SSSR count). The number of amides is 2. The summed E-state index contributed by atoms with van der Waals surface area (Å²) in [6.07, 6.45) is 0.859. The molecule has 1 aliphatic heterocycles. The van der Waals surface area contributed by atoms with Crippen LogP contribution in [0.15, 0.2) is 18.2 Å². The lowest BCUT2D eigenvalue weighted by molar-refractivity contribution is -0.137. The first-order valence-corrected chi connectivity index (χ1v) is 7.05. The lowest BCUT2D eigenvalue weighted by Gasteiger charge is -2.31. The summed E-state index contributed by atoms with van der Waals surface area (Å²) < 4.78 is 13.6. The van der Waals surface area contributed by atoms with Gasteiger partial charge in [-0.05, 0) is 30.0 Å². The lowest BCUT2D eigenvalue weighted by atomic mass is 9.76. The number of nitrogens with one attached hydrogen (secondary N) is 1. The Bertz CT molecular complexity index is 545. The van der Waals surface area contributed by atoms with Crippen LogP contribution in [0.4, 0.5) is 4.39 Å². The van der Waals surface area contributed by atoms with Crippen molar-refractivity contribution < 1.29 is 14.0 Å². The van der Waals surface area contributed by atoms with E-state index in [-0.39, 0.29) is 35.1 Å². The number of piperidine rings is 1. The monoisotopic (exact) mass is 297 g/mol. The van der Waals surface area contributed by atoms with Crippen molar-refractivity contribution in [2.45, 2.75) is 32.6 Å². The van der Waals surface area contributed by atoms with Crippen LogP contribution >= 0.6 is 11.6 Å². The van der Waals surface area contributed by atoms with E-state index in [2.05, 4.69) is 5.32 Å². The summed E-state index contributed by atoms with van der Waals surface area (Å²) in [5.41, 5.74) is 0.653. The van der Waals surface area contributed by atoms with Crippen molar-refractivity contribution in [1.29, 1.82) is 0 Å². The Morgan fingerprint density at radius 2 is 2.10 bits per heavy atom. The molecule has 1 N–H and O–H groups in total. The van der Waals surface area contributed by atoms with Gasteiger partial charge in [-0.25, -0.2) is 4.39 Å². The van der Waals surface area contributed by atoms with Gasteiger partial charge in [0.05, 0.1) is 5.02 Å². The molecule has 1 saturated heterocycles. The van der Waals surface area contributed by atoms with Crippen molar-refractivity contribution in [1.82, 2.24) is 5.32 Å². The predicted octanol–water partition coefficient (Wildman–Crippen LogP) is 3.27. The quantitative estimate of drug-likeness (QED) is 0.870. The van der Waals surface area contributed by atoms with E-state index in [0.717, 1.165) is 0 Å². The minimum Gasteiger partial charge on any atom is -0.296 e. The highest BCUT2D eigenvalue weighted by atomic mass is 35.5. The summed E-state index contributed by atoms with van der Waals surface area (Å²) in [6.45, 7) is 4.03. The van der Waals surface area contributed by atoms with E-state index in [1.807, 2.05) is 13.8 Å². The van der Waals surface area contributed by atoms with Gasteiger partial charge in [0.1, 0.15) is 5.82 Å². The van der Waals surface area contributed by atoms with Gasteiger partial charge in [0.25, 0.3) is 0 Å². The van der Waals surface area contributed by atoms with Gasteiger partial charge in [-0.15, -0.1) is 0 Å². The maximum Gasteiger partial charge on any atom is 0.230 e. The molecule has 1 aromatic carbocycles. The van der Waals surface area contributed by atoms with Gasteiger partial charge >= 0.3 is 0 Å². The molecule has 1 aromatic rings. The second-order valence-corrected chi connectivity index (χ2v) is 6.04. The van der Waals surface area contributed by atoms with Crippen molar-refractivity contribution in [3.8, 4) is 0 Å². The lowest BCUT2D eigenvalue weighted by Crippen LogP contribution is -2.45. The van der Waals surface area contributed by atoms with Crippen LogP contribution in [0, 0.1) is 17.7 Å². The highest BCUT2D eigenvalue weighted by Gasteiger charge is 2.37. The molecule has 1 heterocycles. The van der Waals surface area contributed by atoms with Gasteiger partial charge in [0.15, 0.2) is 0 Å². The van der Waals surface area contributed by atoms with E-state index in [4.69, 9.17) is 11.6 Å². The molecule has 0 aliphatic carbocycles. The third kappa shape index (κ3) is 3.18. The SMILES string of the molecule is CC(C)CC1C(=O)NC(=O)CC1c1ccc(Cl)c(F)c1. The highest BCUT2D eigenvalue weighted by Crippen LogP contribution is 2.36. The minimum absolute atomic E-state index is 0.0424. The Morgan fingerprint density at radius 1 is 1.40 bits per heavy atom. The van der Waals surface area contributed by atoms with Crippen LogP contribution in [0.1, 0.15) is 38.2 Å². The van der Waals surface area contributed by atoms with E-state index >= 15 is 0 Å². The van der Waals surface area contributed by atoms with Crippen molar-refractivity contribution in [2.75, 3.05) is 0 Å². The number of halogens is 2. The van der Waals surface area contributed by atoms with Crippen molar-refractivity contribution in [3.05, 3.63) is 34.6 Å². The van der Waals surface area contributed by atoms with Crippen molar-refractivity contribution >= 4 is 23.4 Å². The standard InChI is InChI=1S/C15H17ClFNO2/c1-8(2)5-11-10(7-14(19)18-15(11)20)9-3-4-12(16)13(17)6-9/h3-4,6,8,10-11H,5,7H2,1-2H3,(H,18,19,20). The van der Waals surface area contributed by atoms with Crippen LogP contribution in [-0.2, 0) is 9.59 Å². The van der Waals surface area contributed by atoms with E-state index in [9.17, 15) is 14.0 Å². The zero-order valence-electron chi connectivity index (χ0n) is 11.5. The smallest absolute Gasteiger partial charge is 0.230 e. The molecule has 2 unspecified atom stereocenters. The van der Waals surface area contributed by atoms with E-state index < -0.39 is 5.82 Å². The summed E-state index contributed by atoms with van der Waals surface area (Å²) in [6, 6.07) is 4.48. The first-order valence-electron chi connectivity index (χ1n) is 6.67. The van der Waals surface area contributed by atoms with E-state index in [0.29, 0.717) is 17.9 Å². The summed E-state index contributed by atoms with van der Waals surface area (Å²) in [5.74, 6) is -1.38. The van der Waals surface area contributed by atoms with Crippen molar-refractivity contribution in [3.63, 3.8) is 0 Å². The largest absolute Gasteiger partial charge is 0.296 e. The number of hydrogen-bond acceptors (Lipinski definition) is 2. The number of carbonyl (C=O) groups is 2. The van der Waals surface area contributed by atoms with Gasteiger partial charge < -0.3 is 0 Å². The number of benzene rings is 1. The molecule has 0 aromatic heterocycles. The first kappa shape index (κ1) is 15.0. The molecule has 2 amide bonds. The van der Waals surface area contributed by atoms with Gasteiger partial charge in [-0.2, -0.15) is 0 Å². The Labute approximate surface area is 122 Å². The summed E-state index contributed by atoms with van der Waals surface area (Å²) >= 11 is 5.68. The summed E-state index contributed by atoms with van der Waals surface area (Å²) in [5, 5.41) is 2.41. The second kappa shape index (κ2) is 5.92. The van der Waals surface area contributed by atoms with Crippen LogP contribution in [-0.4, -0.2) is 11.8 Å². The molecule has 3 nitrogen and oxygen atoms in total. The fraction of sp³-hybridized carbons (Fsp3) is 0.467. The van der Waals surface area contributed by atoms with Crippen LogP contribution in [0.25, 0.3) is 0 Å². The molecule has 1 fully saturated rings. The third-order valence-corrected chi connectivity index (χ3v) is 3.89. The predicted molar refractivity (Wildman–Crippen MR) is 74.9 cm³/mol. The molecule has 5 heteroatoms. The van der Waals surface area contributed by atoms with E-state index in [1.165, 1.54) is 12.1 Å². The van der Waals surface area contributed by atoms with Gasteiger partial charge in [0.2, 0.25) is 11.8 Å². The van der Waals surface area contributed by atoms with Gasteiger partial charge in [-0.3, -0.25) is 14.9 Å². The fourth-order valence-corrected chi connectivity index (χ4v) is 2.80. The van der Waals surface area contributed by atoms with Crippen LogP contribution in [0.3, 0.4) is 0 Å². The molecule has 2 atom stereocenters. The number of imide groups is 1. The Kier molecular flexibility index (Phi) is 4.43. The molecule has 0 bridgehead atoms. The maximum atomic E-state index is 13.6. The maximum absolute atomic E-state index is 13.6. The summed E-state index contributed by atoms with van der Waals surface area (Å²) in [7, 11) is 0. The molecule has 0 saturated carbocycles. The van der Waals surface area contributed by atoms with E-state index in [1.54, 1.807) is 6.07 Å². The fourth-order valence-electron chi connectivity index (χ4n) is 2.68. The highest BCUT2D eigenvalue weighted by molar-refractivity contribution is 6.30. The van der Waals surface area contributed by atoms with Gasteiger partial charge in [0, 0.05) is 18.3 Å². The zero-order chi connectivity index (χ0) is 14.9. The molecule has 0 spiro atoms.